The fraction of sp³-hybridized carbons (Fsp3) is 0.750. The molecule has 1 atom stereocenters. The molecule has 0 aliphatic carbocycles. The van der Waals surface area contributed by atoms with E-state index in [2.05, 4.69) is 9.82 Å². The highest BCUT2D eigenvalue weighted by Gasteiger charge is 2.23. The average molecular weight is 302 g/mol. The van der Waals surface area contributed by atoms with Gasteiger partial charge in [0.1, 0.15) is 4.90 Å². The summed E-state index contributed by atoms with van der Waals surface area (Å²) < 4.78 is 34.0. The summed E-state index contributed by atoms with van der Waals surface area (Å²) in [7, 11) is -3.63. The average Bonchev–Trinajstić information content (AvgIpc) is 2.80. The first kappa shape index (κ1) is 15.3. The molecular formula is C12H22N4O3S. The summed E-state index contributed by atoms with van der Waals surface area (Å²) in [5, 5.41) is 4.01. The van der Waals surface area contributed by atoms with Gasteiger partial charge in [-0.05, 0) is 25.7 Å². The highest BCUT2D eigenvalue weighted by Crippen LogP contribution is 2.17. The lowest BCUT2D eigenvalue weighted by molar-refractivity contribution is 0.0200. The molecule has 114 valence electrons. The minimum absolute atomic E-state index is 0.0375. The summed E-state index contributed by atoms with van der Waals surface area (Å²) in [5.41, 5.74) is 5.68. The molecule has 1 saturated heterocycles. The third-order valence-electron chi connectivity index (χ3n) is 3.27. The van der Waals surface area contributed by atoms with Crippen molar-refractivity contribution in [3.8, 4) is 0 Å². The molecule has 3 N–H and O–H groups in total. The van der Waals surface area contributed by atoms with E-state index in [9.17, 15) is 8.42 Å². The van der Waals surface area contributed by atoms with Gasteiger partial charge in [-0.1, -0.05) is 6.92 Å². The second-order valence-corrected chi connectivity index (χ2v) is 6.72. The SMILES string of the molecule is CCCn1cc(S(=O)(=O)NCC2CCCCO2)c(N)n1. The maximum absolute atomic E-state index is 12.2. The number of hydrogen-bond donors (Lipinski definition) is 2. The maximum atomic E-state index is 12.2. The molecule has 2 heterocycles. The van der Waals surface area contributed by atoms with Crippen LogP contribution in [0.3, 0.4) is 0 Å². The third kappa shape index (κ3) is 3.71. The van der Waals surface area contributed by atoms with Crippen molar-refractivity contribution < 1.29 is 13.2 Å². The zero-order valence-electron chi connectivity index (χ0n) is 11.7. The van der Waals surface area contributed by atoms with Crippen molar-refractivity contribution in [2.75, 3.05) is 18.9 Å². The Kier molecular flexibility index (Phi) is 5.00. The van der Waals surface area contributed by atoms with Crippen LogP contribution in [-0.2, 0) is 21.3 Å². The predicted molar refractivity (Wildman–Crippen MR) is 75.7 cm³/mol. The Hall–Kier alpha value is -1.12. The summed E-state index contributed by atoms with van der Waals surface area (Å²) in [6, 6.07) is 0. The Bertz CT molecular complexity index is 535. The molecule has 1 fully saturated rings. The van der Waals surface area contributed by atoms with Crippen LogP contribution in [0.4, 0.5) is 5.82 Å². The van der Waals surface area contributed by atoms with E-state index >= 15 is 0 Å². The van der Waals surface area contributed by atoms with Crippen molar-refractivity contribution in [3.05, 3.63) is 6.20 Å². The van der Waals surface area contributed by atoms with E-state index in [1.165, 1.54) is 6.20 Å². The van der Waals surface area contributed by atoms with Crippen molar-refractivity contribution in [2.24, 2.45) is 0 Å². The predicted octanol–water partition coefficient (Wildman–Crippen LogP) is 0.723. The Balaban J connectivity index is 2.01. The summed E-state index contributed by atoms with van der Waals surface area (Å²) in [6.45, 7) is 3.61. The number of aromatic nitrogens is 2. The Labute approximate surface area is 119 Å². The van der Waals surface area contributed by atoms with Crippen LogP contribution in [-0.4, -0.2) is 37.5 Å². The van der Waals surface area contributed by atoms with E-state index in [4.69, 9.17) is 10.5 Å². The van der Waals surface area contributed by atoms with E-state index < -0.39 is 10.0 Å². The van der Waals surface area contributed by atoms with Gasteiger partial charge in [0.25, 0.3) is 0 Å². The standard InChI is InChI=1S/C12H22N4O3S/c1-2-6-16-9-11(12(13)15-16)20(17,18)14-8-10-5-3-4-7-19-10/h9-10,14H,2-8H2,1H3,(H2,13,15). The largest absolute Gasteiger partial charge is 0.381 e. The monoisotopic (exact) mass is 302 g/mol. The number of sulfonamides is 1. The molecule has 1 aromatic rings. The molecule has 0 spiro atoms. The first-order valence-electron chi connectivity index (χ1n) is 6.97. The fourth-order valence-electron chi connectivity index (χ4n) is 2.22. The van der Waals surface area contributed by atoms with Crippen LogP contribution in [0.25, 0.3) is 0 Å². The van der Waals surface area contributed by atoms with Gasteiger partial charge in [-0.3, -0.25) is 4.68 Å². The van der Waals surface area contributed by atoms with Crippen molar-refractivity contribution in [2.45, 2.75) is 50.2 Å². The second-order valence-electron chi connectivity index (χ2n) is 4.98. The first-order chi connectivity index (χ1) is 9.53. The van der Waals surface area contributed by atoms with E-state index in [1.54, 1.807) is 4.68 Å². The number of nitrogen functional groups attached to an aromatic ring is 1. The molecule has 0 radical (unpaired) electrons. The third-order valence-corrected chi connectivity index (χ3v) is 4.71. The highest BCUT2D eigenvalue weighted by atomic mass is 32.2. The lowest BCUT2D eigenvalue weighted by atomic mass is 10.1. The Morgan fingerprint density at radius 2 is 2.35 bits per heavy atom. The van der Waals surface area contributed by atoms with Crippen LogP contribution < -0.4 is 10.5 Å². The van der Waals surface area contributed by atoms with Gasteiger partial charge in [0.2, 0.25) is 10.0 Å². The van der Waals surface area contributed by atoms with Gasteiger partial charge < -0.3 is 10.5 Å². The smallest absolute Gasteiger partial charge is 0.245 e. The number of nitrogens with zero attached hydrogens (tertiary/aromatic N) is 2. The van der Waals surface area contributed by atoms with Gasteiger partial charge in [0.15, 0.2) is 5.82 Å². The van der Waals surface area contributed by atoms with Gasteiger partial charge >= 0.3 is 0 Å². The number of hydrogen-bond acceptors (Lipinski definition) is 5. The highest BCUT2D eigenvalue weighted by molar-refractivity contribution is 7.89. The van der Waals surface area contributed by atoms with E-state index in [0.717, 1.165) is 25.7 Å². The zero-order chi connectivity index (χ0) is 14.6. The molecule has 1 aliphatic heterocycles. The number of anilines is 1. The van der Waals surface area contributed by atoms with E-state index in [0.29, 0.717) is 13.2 Å². The van der Waals surface area contributed by atoms with Gasteiger partial charge in [0, 0.05) is 25.9 Å². The van der Waals surface area contributed by atoms with Crippen LogP contribution in [0.2, 0.25) is 0 Å². The topological polar surface area (TPSA) is 99.2 Å². The van der Waals surface area contributed by atoms with Crippen LogP contribution in [0.5, 0.6) is 0 Å². The number of nitrogens with one attached hydrogen (secondary N) is 1. The Morgan fingerprint density at radius 1 is 1.55 bits per heavy atom. The zero-order valence-corrected chi connectivity index (χ0v) is 12.5. The Morgan fingerprint density at radius 3 is 3.00 bits per heavy atom. The molecule has 7 nitrogen and oxygen atoms in total. The second kappa shape index (κ2) is 6.55. The van der Waals surface area contributed by atoms with E-state index in [-0.39, 0.29) is 23.4 Å². The lowest BCUT2D eigenvalue weighted by Gasteiger charge is -2.22. The molecular weight excluding hydrogens is 280 g/mol. The number of rotatable bonds is 6. The molecule has 0 amide bonds. The van der Waals surface area contributed by atoms with Gasteiger partial charge in [0.05, 0.1) is 6.10 Å². The normalized spacial score (nSPS) is 20.1. The molecule has 8 heteroatoms. The van der Waals surface area contributed by atoms with Crippen LogP contribution in [0.1, 0.15) is 32.6 Å². The summed E-state index contributed by atoms with van der Waals surface area (Å²) in [4.78, 5) is 0.0433. The molecule has 0 aromatic carbocycles. The maximum Gasteiger partial charge on any atom is 0.245 e. The molecule has 2 rings (SSSR count). The minimum atomic E-state index is -3.63. The van der Waals surface area contributed by atoms with Crippen LogP contribution in [0, 0.1) is 0 Å². The molecule has 1 aromatic heterocycles. The van der Waals surface area contributed by atoms with E-state index in [1.807, 2.05) is 6.92 Å². The van der Waals surface area contributed by atoms with Crippen LogP contribution >= 0.6 is 0 Å². The lowest BCUT2D eigenvalue weighted by Crippen LogP contribution is -2.35. The van der Waals surface area contributed by atoms with Gasteiger partial charge in [-0.15, -0.1) is 0 Å². The summed E-state index contributed by atoms with van der Waals surface area (Å²) in [6.07, 6.45) is 5.29. The quantitative estimate of drug-likeness (QED) is 0.806. The minimum Gasteiger partial charge on any atom is -0.381 e. The molecule has 1 aliphatic rings. The number of ether oxygens (including phenoxy) is 1. The molecule has 1 unspecified atom stereocenters. The summed E-state index contributed by atoms with van der Waals surface area (Å²) in [5.74, 6) is 0.0375. The van der Waals surface area contributed by atoms with Gasteiger partial charge in [-0.25, -0.2) is 13.1 Å². The van der Waals surface area contributed by atoms with Crippen molar-refractivity contribution >= 4 is 15.8 Å². The first-order valence-corrected chi connectivity index (χ1v) is 8.45. The fourth-order valence-corrected chi connectivity index (χ4v) is 3.35. The van der Waals surface area contributed by atoms with Crippen molar-refractivity contribution in [1.82, 2.24) is 14.5 Å². The van der Waals surface area contributed by atoms with Crippen molar-refractivity contribution in [3.63, 3.8) is 0 Å². The molecule has 0 bridgehead atoms. The number of aryl methyl sites for hydroxylation is 1. The van der Waals surface area contributed by atoms with Crippen molar-refractivity contribution in [1.29, 1.82) is 0 Å². The number of nitrogens with two attached hydrogens (primary N) is 1. The molecule has 0 saturated carbocycles. The molecule has 20 heavy (non-hydrogen) atoms. The summed E-state index contributed by atoms with van der Waals surface area (Å²) >= 11 is 0. The van der Waals surface area contributed by atoms with Crippen LogP contribution in [0.15, 0.2) is 11.1 Å². The van der Waals surface area contributed by atoms with Gasteiger partial charge in [-0.2, -0.15) is 5.10 Å².